The van der Waals surface area contributed by atoms with Crippen molar-refractivity contribution in [3.8, 4) is 6.07 Å². The number of nitriles is 1. The van der Waals surface area contributed by atoms with Gasteiger partial charge in [-0.2, -0.15) is 5.26 Å². The van der Waals surface area contributed by atoms with Gasteiger partial charge in [0.2, 0.25) is 0 Å². The second-order valence-electron chi connectivity index (χ2n) is 7.76. The summed E-state index contributed by atoms with van der Waals surface area (Å²) < 4.78 is 5.57. The number of benzene rings is 1. The predicted octanol–water partition coefficient (Wildman–Crippen LogP) is 4.11. The van der Waals surface area contributed by atoms with E-state index in [2.05, 4.69) is 11.1 Å². The Hall–Kier alpha value is -3.20. The molecule has 0 radical (unpaired) electrons. The lowest BCUT2D eigenvalue weighted by atomic mass is 9.76. The summed E-state index contributed by atoms with van der Waals surface area (Å²) in [6, 6.07) is 14.9. The van der Waals surface area contributed by atoms with Crippen LogP contribution in [-0.2, 0) is 11.3 Å². The van der Waals surface area contributed by atoms with Crippen LogP contribution in [0.4, 0.5) is 4.79 Å². The van der Waals surface area contributed by atoms with Crippen molar-refractivity contribution in [3.05, 3.63) is 65.5 Å². The molecule has 1 aromatic carbocycles. The van der Waals surface area contributed by atoms with Crippen molar-refractivity contribution in [1.82, 2.24) is 9.88 Å². The largest absolute Gasteiger partial charge is 0.445 e. The van der Waals surface area contributed by atoms with Crippen LogP contribution >= 0.6 is 0 Å². The van der Waals surface area contributed by atoms with E-state index in [1.54, 1.807) is 12.1 Å². The van der Waals surface area contributed by atoms with E-state index >= 15 is 0 Å². The van der Waals surface area contributed by atoms with Gasteiger partial charge in [0.05, 0.1) is 11.6 Å². The Morgan fingerprint density at radius 3 is 2.55 bits per heavy atom. The first-order chi connectivity index (χ1) is 14.2. The Morgan fingerprint density at radius 2 is 1.86 bits per heavy atom. The van der Waals surface area contributed by atoms with E-state index in [1.165, 1.54) is 6.20 Å². The highest BCUT2D eigenvalue weighted by Crippen LogP contribution is 2.38. The Bertz CT molecular complexity index is 924. The number of carbonyl (C=O) groups is 2. The van der Waals surface area contributed by atoms with Crippen LogP contribution in [-0.4, -0.2) is 33.8 Å². The number of hydrogen-bond acceptors (Lipinski definition) is 5. The van der Waals surface area contributed by atoms with Crippen LogP contribution in [0.15, 0.2) is 48.7 Å². The lowest BCUT2D eigenvalue weighted by Gasteiger charge is -2.47. The van der Waals surface area contributed by atoms with Crippen LogP contribution in [0.5, 0.6) is 0 Å². The first-order valence-electron chi connectivity index (χ1n) is 10.0. The summed E-state index contributed by atoms with van der Waals surface area (Å²) in [4.78, 5) is 31.8. The number of ketones is 1. The second-order valence-corrected chi connectivity index (χ2v) is 7.76. The molecule has 1 amide bonds. The quantitative estimate of drug-likeness (QED) is 0.735. The minimum absolute atomic E-state index is 0.0128. The van der Waals surface area contributed by atoms with E-state index in [0.717, 1.165) is 24.8 Å². The van der Waals surface area contributed by atoms with Crippen LogP contribution in [0.2, 0.25) is 0 Å². The van der Waals surface area contributed by atoms with Crippen molar-refractivity contribution in [3.63, 3.8) is 0 Å². The van der Waals surface area contributed by atoms with Crippen LogP contribution in [0.25, 0.3) is 0 Å². The molecule has 4 rings (SSSR count). The molecule has 0 aliphatic carbocycles. The molecular formula is C23H23N3O3. The smallest absolute Gasteiger partial charge is 0.410 e. The number of aromatic nitrogens is 1. The number of rotatable bonds is 4. The maximum atomic E-state index is 13.0. The van der Waals surface area contributed by atoms with Gasteiger partial charge in [0.15, 0.2) is 5.78 Å². The number of piperidine rings is 2. The maximum Gasteiger partial charge on any atom is 0.410 e. The molecule has 2 aliphatic heterocycles. The molecular weight excluding hydrogens is 366 g/mol. The third-order valence-corrected chi connectivity index (χ3v) is 5.90. The van der Waals surface area contributed by atoms with Crippen molar-refractivity contribution in [1.29, 1.82) is 5.26 Å². The van der Waals surface area contributed by atoms with Crippen molar-refractivity contribution < 1.29 is 14.3 Å². The fraction of sp³-hybridized carbons (Fsp3) is 0.391. The monoisotopic (exact) mass is 389 g/mol. The number of hydrogen-bond donors (Lipinski definition) is 0. The van der Waals surface area contributed by atoms with E-state index < -0.39 is 0 Å². The highest BCUT2D eigenvalue weighted by molar-refractivity contribution is 5.96. The summed E-state index contributed by atoms with van der Waals surface area (Å²) >= 11 is 0. The fourth-order valence-corrected chi connectivity index (χ4v) is 4.53. The molecule has 2 aromatic rings. The Balaban J connectivity index is 1.44. The number of carbonyl (C=O) groups excluding carboxylic acids is 2. The number of amides is 1. The van der Waals surface area contributed by atoms with Crippen LogP contribution in [0.3, 0.4) is 0 Å². The lowest BCUT2D eigenvalue weighted by Crippen LogP contribution is -2.55. The van der Waals surface area contributed by atoms with Crippen molar-refractivity contribution in [2.75, 3.05) is 0 Å². The molecule has 2 aliphatic rings. The van der Waals surface area contributed by atoms with Gasteiger partial charge in [0.1, 0.15) is 12.3 Å². The molecule has 2 atom stereocenters. The summed E-state index contributed by atoms with van der Waals surface area (Å²) in [7, 11) is 0. The Morgan fingerprint density at radius 1 is 1.14 bits per heavy atom. The van der Waals surface area contributed by atoms with E-state index in [9.17, 15) is 9.59 Å². The summed E-state index contributed by atoms with van der Waals surface area (Å²) in [6.45, 7) is 0.253. The standard InChI is InChI=1S/C23H23N3O3/c24-14-17-9-10-25-21(11-17)22(27)18-12-19-7-4-8-20(13-18)26(19)23(28)29-15-16-5-2-1-3-6-16/h1-3,5-6,9-11,18-20H,4,7-8,12-13,15H2. The number of pyridine rings is 1. The third-order valence-electron chi connectivity index (χ3n) is 5.90. The maximum absolute atomic E-state index is 13.0. The zero-order valence-electron chi connectivity index (χ0n) is 16.2. The van der Waals surface area contributed by atoms with Crippen LogP contribution < -0.4 is 0 Å². The molecule has 29 heavy (non-hydrogen) atoms. The van der Waals surface area contributed by atoms with Gasteiger partial charge < -0.3 is 9.64 Å². The van der Waals surface area contributed by atoms with Gasteiger partial charge in [-0.3, -0.25) is 9.78 Å². The summed E-state index contributed by atoms with van der Waals surface area (Å²) in [5, 5.41) is 9.07. The van der Waals surface area contributed by atoms with E-state index in [4.69, 9.17) is 10.00 Å². The number of Topliss-reactive ketones (excluding diaryl/α,β-unsaturated/α-hetero) is 1. The average Bonchev–Trinajstić information content (AvgIpc) is 2.76. The summed E-state index contributed by atoms with van der Waals surface area (Å²) in [5.74, 6) is -0.207. The van der Waals surface area contributed by atoms with Gasteiger partial charge in [0, 0.05) is 24.2 Å². The van der Waals surface area contributed by atoms with Gasteiger partial charge in [-0.05, 0) is 49.8 Å². The average molecular weight is 389 g/mol. The van der Waals surface area contributed by atoms with Crippen molar-refractivity contribution >= 4 is 11.9 Å². The van der Waals surface area contributed by atoms with Gasteiger partial charge in [0.25, 0.3) is 0 Å². The molecule has 0 spiro atoms. The number of fused-ring (bicyclic) bond motifs is 2. The molecule has 0 N–H and O–H groups in total. The highest BCUT2D eigenvalue weighted by Gasteiger charge is 2.44. The minimum Gasteiger partial charge on any atom is -0.445 e. The van der Waals surface area contributed by atoms with E-state index in [-0.39, 0.29) is 36.5 Å². The number of nitrogens with zero attached hydrogens (tertiary/aromatic N) is 3. The summed E-state index contributed by atoms with van der Waals surface area (Å²) in [6.07, 6.45) is 5.27. The van der Waals surface area contributed by atoms with E-state index in [0.29, 0.717) is 24.1 Å². The molecule has 6 nitrogen and oxygen atoms in total. The topological polar surface area (TPSA) is 83.3 Å². The third kappa shape index (κ3) is 4.14. The molecule has 2 bridgehead atoms. The number of ether oxygens (including phenoxy) is 1. The predicted molar refractivity (Wildman–Crippen MR) is 106 cm³/mol. The highest BCUT2D eigenvalue weighted by atomic mass is 16.6. The Kier molecular flexibility index (Phi) is 5.57. The molecule has 2 saturated heterocycles. The normalized spacial score (nSPS) is 23.1. The molecule has 2 fully saturated rings. The van der Waals surface area contributed by atoms with Crippen LogP contribution in [0, 0.1) is 17.2 Å². The first kappa shape index (κ1) is 19.1. The molecule has 2 unspecified atom stereocenters. The zero-order chi connectivity index (χ0) is 20.2. The SMILES string of the molecule is N#Cc1ccnc(C(=O)C2CC3CCCC(C2)N3C(=O)OCc2ccccc2)c1. The Labute approximate surface area is 170 Å². The van der Waals surface area contributed by atoms with Crippen molar-refractivity contribution in [2.24, 2.45) is 5.92 Å². The van der Waals surface area contributed by atoms with Gasteiger partial charge in [-0.1, -0.05) is 30.3 Å². The lowest BCUT2D eigenvalue weighted by molar-refractivity contribution is 0.00463. The second kappa shape index (κ2) is 8.44. The molecule has 148 valence electrons. The molecule has 3 heterocycles. The fourth-order valence-electron chi connectivity index (χ4n) is 4.53. The zero-order valence-corrected chi connectivity index (χ0v) is 16.2. The molecule has 0 saturated carbocycles. The summed E-state index contributed by atoms with van der Waals surface area (Å²) in [5.41, 5.74) is 1.73. The first-order valence-corrected chi connectivity index (χ1v) is 10.0. The minimum atomic E-state index is -0.293. The van der Waals surface area contributed by atoms with Crippen molar-refractivity contribution in [2.45, 2.75) is 50.8 Å². The van der Waals surface area contributed by atoms with Gasteiger partial charge in [-0.15, -0.1) is 0 Å². The van der Waals surface area contributed by atoms with Gasteiger partial charge in [-0.25, -0.2) is 4.79 Å². The van der Waals surface area contributed by atoms with E-state index in [1.807, 2.05) is 35.2 Å². The van der Waals surface area contributed by atoms with Gasteiger partial charge >= 0.3 is 6.09 Å². The molecule has 1 aromatic heterocycles. The molecule has 6 heteroatoms. The van der Waals surface area contributed by atoms with Crippen LogP contribution in [0.1, 0.15) is 53.7 Å².